The van der Waals surface area contributed by atoms with Crippen molar-refractivity contribution >= 4 is 17.6 Å². The maximum absolute atomic E-state index is 11.7. The lowest BCUT2D eigenvalue weighted by Gasteiger charge is -2.03. The molecule has 0 aliphatic heterocycles. The van der Waals surface area contributed by atoms with Crippen molar-refractivity contribution in [2.24, 2.45) is 0 Å². The van der Waals surface area contributed by atoms with E-state index in [2.05, 4.69) is 20.5 Å². The first-order valence-corrected chi connectivity index (χ1v) is 5.08. The number of pyridine rings is 1. The van der Waals surface area contributed by atoms with Gasteiger partial charge in [-0.15, -0.1) is 0 Å². The molecule has 0 bridgehead atoms. The van der Waals surface area contributed by atoms with Crippen molar-refractivity contribution in [3.63, 3.8) is 0 Å². The van der Waals surface area contributed by atoms with Gasteiger partial charge in [-0.05, 0) is 19.1 Å². The number of anilines is 1. The average Bonchev–Trinajstić information content (AvgIpc) is 2.76. The van der Waals surface area contributed by atoms with Gasteiger partial charge in [0, 0.05) is 11.9 Å². The molecule has 2 aromatic heterocycles. The molecular weight excluding hydrogens is 236 g/mol. The standard InChI is InChI=1S/C11H10N4O3/c1-6-2-9(15-14-6)10(16)13-8-3-7(11(17)18)4-12-5-8/h2-5H,1H3,(H,13,16)(H,14,15)(H,17,18). The number of nitrogens with one attached hydrogen (secondary N) is 2. The lowest BCUT2D eigenvalue weighted by molar-refractivity contribution is 0.0696. The van der Waals surface area contributed by atoms with Gasteiger partial charge in [-0.3, -0.25) is 14.9 Å². The van der Waals surface area contributed by atoms with Gasteiger partial charge < -0.3 is 10.4 Å². The van der Waals surface area contributed by atoms with E-state index in [1.54, 1.807) is 13.0 Å². The van der Waals surface area contributed by atoms with E-state index >= 15 is 0 Å². The molecule has 0 saturated carbocycles. The van der Waals surface area contributed by atoms with Gasteiger partial charge in [-0.2, -0.15) is 5.10 Å². The Labute approximate surface area is 102 Å². The van der Waals surface area contributed by atoms with E-state index in [-0.39, 0.29) is 11.3 Å². The van der Waals surface area contributed by atoms with E-state index in [1.807, 2.05) is 0 Å². The lowest BCUT2D eigenvalue weighted by atomic mass is 10.2. The molecule has 0 saturated heterocycles. The number of carbonyl (C=O) groups is 2. The SMILES string of the molecule is Cc1cc(C(=O)Nc2cncc(C(=O)O)c2)n[nH]1. The Balaban J connectivity index is 2.16. The highest BCUT2D eigenvalue weighted by Crippen LogP contribution is 2.10. The third kappa shape index (κ3) is 2.51. The van der Waals surface area contributed by atoms with Gasteiger partial charge in [0.15, 0.2) is 5.69 Å². The monoisotopic (exact) mass is 246 g/mol. The van der Waals surface area contributed by atoms with E-state index in [1.165, 1.54) is 18.5 Å². The second-order valence-corrected chi connectivity index (χ2v) is 3.66. The summed E-state index contributed by atoms with van der Waals surface area (Å²) in [7, 11) is 0. The molecule has 2 rings (SSSR count). The van der Waals surface area contributed by atoms with Crippen molar-refractivity contribution < 1.29 is 14.7 Å². The molecule has 0 unspecified atom stereocenters. The summed E-state index contributed by atoms with van der Waals surface area (Å²) in [6, 6.07) is 2.91. The number of aromatic carboxylic acids is 1. The number of aromatic nitrogens is 3. The molecule has 0 radical (unpaired) electrons. The molecule has 1 amide bonds. The lowest BCUT2D eigenvalue weighted by Crippen LogP contribution is -2.13. The number of carboxylic acids is 1. The van der Waals surface area contributed by atoms with Crippen molar-refractivity contribution in [3.8, 4) is 0 Å². The molecule has 0 aromatic carbocycles. The zero-order valence-corrected chi connectivity index (χ0v) is 9.47. The summed E-state index contributed by atoms with van der Waals surface area (Å²) in [5.41, 5.74) is 1.30. The van der Waals surface area contributed by atoms with Crippen molar-refractivity contribution in [1.29, 1.82) is 0 Å². The summed E-state index contributed by atoms with van der Waals surface area (Å²) in [5.74, 6) is -1.53. The molecule has 92 valence electrons. The summed E-state index contributed by atoms with van der Waals surface area (Å²) < 4.78 is 0. The number of carboxylic acid groups (broad SMARTS) is 1. The molecule has 0 atom stereocenters. The van der Waals surface area contributed by atoms with Crippen LogP contribution >= 0.6 is 0 Å². The van der Waals surface area contributed by atoms with E-state index < -0.39 is 11.9 Å². The fourth-order valence-electron chi connectivity index (χ4n) is 1.35. The Morgan fingerprint density at radius 2 is 2.11 bits per heavy atom. The molecule has 18 heavy (non-hydrogen) atoms. The molecule has 3 N–H and O–H groups in total. The van der Waals surface area contributed by atoms with Crippen molar-refractivity contribution in [2.75, 3.05) is 5.32 Å². The fourth-order valence-corrected chi connectivity index (χ4v) is 1.35. The van der Waals surface area contributed by atoms with Gasteiger partial charge in [0.25, 0.3) is 5.91 Å². The summed E-state index contributed by atoms with van der Waals surface area (Å²) in [6.07, 6.45) is 2.57. The minimum atomic E-state index is -1.10. The topological polar surface area (TPSA) is 108 Å². The Hall–Kier alpha value is -2.70. The number of aryl methyl sites for hydroxylation is 1. The van der Waals surface area contributed by atoms with E-state index in [0.29, 0.717) is 5.69 Å². The Bertz CT molecular complexity index is 606. The first kappa shape index (κ1) is 11.8. The first-order chi connectivity index (χ1) is 8.56. The van der Waals surface area contributed by atoms with Gasteiger partial charge >= 0.3 is 5.97 Å². The minimum Gasteiger partial charge on any atom is -0.478 e. The van der Waals surface area contributed by atoms with Crippen molar-refractivity contribution in [2.45, 2.75) is 6.92 Å². The van der Waals surface area contributed by atoms with Gasteiger partial charge in [0.05, 0.1) is 17.4 Å². The number of carbonyl (C=O) groups excluding carboxylic acids is 1. The van der Waals surface area contributed by atoms with Crippen LogP contribution in [0.2, 0.25) is 0 Å². The van der Waals surface area contributed by atoms with Crippen LogP contribution in [0.5, 0.6) is 0 Å². The average molecular weight is 246 g/mol. The molecular formula is C11H10N4O3. The van der Waals surface area contributed by atoms with Crippen LogP contribution in [-0.2, 0) is 0 Å². The third-order valence-corrected chi connectivity index (χ3v) is 2.18. The zero-order valence-electron chi connectivity index (χ0n) is 9.47. The first-order valence-electron chi connectivity index (χ1n) is 5.08. The predicted octanol–water partition coefficient (Wildman–Crippen LogP) is 1.06. The summed E-state index contributed by atoms with van der Waals surface area (Å²) in [5, 5.41) is 17.8. The van der Waals surface area contributed by atoms with Gasteiger partial charge in [0.2, 0.25) is 0 Å². The Morgan fingerprint density at radius 1 is 1.33 bits per heavy atom. The molecule has 7 nitrogen and oxygen atoms in total. The van der Waals surface area contributed by atoms with Gasteiger partial charge in [-0.25, -0.2) is 4.79 Å². The fraction of sp³-hybridized carbons (Fsp3) is 0.0909. The molecule has 2 aromatic rings. The predicted molar refractivity (Wildman–Crippen MR) is 62.5 cm³/mol. The maximum Gasteiger partial charge on any atom is 0.337 e. The Morgan fingerprint density at radius 3 is 2.72 bits per heavy atom. The summed E-state index contributed by atoms with van der Waals surface area (Å²) >= 11 is 0. The van der Waals surface area contributed by atoms with Crippen LogP contribution in [0, 0.1) is 6.92 Å². The number of hydrogen-bond acceptors (Lipinski definition) is 4. The van der Waals surface area contributed by atoms with Gasteiger partial charge in [0.1, 0.15) is 0 Å². The molecule has 7 heteroatoms. The molecule has 0 aliphatic rings. The minimum absolute atomic E-state index is 0.00556. The highest BCUT2D eigenvalue weighted by atomic mass is 16.4. The molecule has 2 heterocycles. The van der Waals surface area contributed by atoms with Crippen LogP contribution in [0.25, 0.3) is 0 Å². The maximum atomic E-state index is 11.7. The van der Waals surface area contributed by atoms with Crippen LogP contribution in [0.1, 0.15) is 26.5 Å². The highest BCUT2D eigenvalue weighted by molar-refractivity contribution is 6.03. The summed E-state index contributed by atoms with van der Waals surface area (Å²) in [6.45, 7) is 1.77. The van der Waals surface area contributed by atoms with Gasteiger partial charge in [-0.1, -0.05) is 0 Å². The normalized spacial score (nSPS) is 10.1. The number of rotatable bonds is 3. The number of H-pyrrole nitrogens is 1. The number of nitrogens with zero attached hydrogens (tertiary/aromatic N) is 2. The second-order valence-electron chi connectivity index (χ2n) is 3.66. The molecule has 0 aliphatic carbocycles. The van der Waals surface area contributed by atoms with Crippen LogP contribution in [0.4, 0.5) is 5.69 Å². The van der Waals surface area contributed by atoms with E-state index in [9.17, 15) is 9.59 Å². The Kier molecular flexibility index (Phi) is 3.05. The van der Waals surface area contributed by atoms with Crippen molar-refractivity contribution in [1.82, 2.24) is 15.2 Å². The van der Waals surface area contributed by atoms with Crippen LogP contribution < -0.4 is 5.32 Å². The molecule has 0 fully saturated rings. The quantitative estimate of drug-likeness (QED) is 0.750. The van der Waals surface area contributed by atoms with Crippen molar-refractivity contribution in [3.05, 3.63) is 41.5 Å². The molecule has 0 spiro atoms. The van der Waals surface area contributed by atoms with E-state index in [0.717, 1.165) is 5.69 Å². The number of aromatic amines is 1. The smallest absolute Gasteiger partial charge is 0.337 e. The highest BCUT2D eigenvalue weighted by Gasteiger charge is 2.11. The van der Waals surface area contributed by atoms with E-state index in [4.69, 9.17) is 5.11 Å². The third-order valence-electron chi connectivity index (χ3n) is 2.18. The second kappa shape index (κ2) is 4.66. The zero-order chi connectivity index (χ0) is 13.1. The van der Waals surface area contributed by atoms with Crippen LogP contribution in [0.3, 0.4) is 0 Å². The number of hydrogen-bond donors (Lipinski definition) is 3. The largest absolute Gasteiger partial charge is 0.478 e. The van der Waals surface area contributed by atoms with Crippen LogP contribution in [-0.4, -0.2) is 32.2 Å². The van der Waals surface area contributed by atoms with Crippen LogP contribution in [0.15, 0.2) is 24.5 Å². The number of amides is 1. The summed E-state index contributed by atoms with van der Waals surface area (Å²) in [4.78, 5) is 26.2.